The summed E-state index contributed by atoms with van der Waals surface area (Å²) >= 11 is 0. The number of nitrogens with zero attached hydrogens (tertiary/aromatic N) is 1. The van der Waals surface area contributed by atoms with Gasteiger partial charge in [-0.05, 0) is 53.6 Å². The Labute approximate surface area is 181 Å². The molecule has 0 fully saturated rings. The number of hydrogen-bond donors (Lipinski definition) is 0. The van der Waals surface area contributed by atoms with Gasteiger partial charge in [0.15, 0.2) is 0 Å². The third kappa shape index (κ3) is 3.44. The molecule has 0 aliphatic heterocycles. The molecule has 0 spiro atoms. The molecule has 0 amide bonds. The summed E-state index contributed by atoms with van der Waals surface area (Å²) in [4.78, 5) is 0. The highest BCUT2D eigenvalue weighted by atomic mass is 16.5. The minimum atomic E-state index is 0.851. The summed E-state index contributed by atoms with van der Waals surface area (Å²) < 4.78 is 13.0. The first-order valence-corrected chi connectivity index (χ1v) is 10.3. The fraction of sp³-hybridized carbons (Fsp3) is 0.0714. The maximum atomic E-state index is 5.36. The van der Waals surface area contributed by atoms with Crippen LogP contribution in [-0.2, 0) is 0 Å². The maximum absolute atomic E-state index is 5.36. The second kappa shape index (κ2) is 8.04. The molecule has 31 heavy (non-hydrogen) atoms. The van der Waals surface area contributed by atoms with Crippen molar-refractivity contribution < 1.29 is 9.47 Å². The summed E-state index contributed by atoms with van der Waals surface area (Å²) in [5.74, 6) is 1.71. The normalized spacial score (nSPS) is 11.4. The maximum Gasteiger partial charge on any atom is 0.119 e. The molecule has 4 aromatic carbocycles. The zero-order valence-corrected chi connectivity index (χ0v) is 17.6. The van der Waals surface area contributed by atoms with E-state index in [4.69, 9.17) is 9.47 Å². The van der Waals surface area contributed by atoms with Gasteiger partial charge in [0.25, 0.3) is 0 Å². The van der Waals surface area contributed by atoms with Crippen molar-refractivity contribution in [3.05, 3.63) is 102 Å². The van der Waals surface area contributed by atoms with Gasteiger partial charge >= 0.3 is 0 Å². The van der Waals surface area contributed by atoms with E-state index >= 15 is 0 Å². The molecule has 3 heteroatoms. The highest BCUT2D eigenvalue weighted by Crippen LogP contribution is 2.35. The predicted octanol–water partition coefficient (Wildman–Crippen LogP) is 6.97. The third-order valence-corrected chi connectivity index (χ3v) is 5.63. The van der Waals surface area contributed by atoms with Crippen molar-refractivity contribution in [1.82, 2.24) is 4.57 Å². The van der Waals surface area contributed by atoms with E-state index in [1.54, 1.807) is 14.2 Å². The molecule has 0 unspecified atom stereocenters. The molecule has 5 aromatic rings. The Balaban J connectivity index is 1.71. The van der Waals surface area contributed by atoms with Crippen molar-refractivity contribution in [3.63, 3.8) is 0 Å². The molecular weight excluding hydrogens is 382 g/mol. The molecular formula is C28H23NO2. The fourth-order valence-electron chi connectivity index (χ4n) is 4.08. The van der Waals surface area contributed by atoms with E-state index in [9.17, 15) is 0 Å². The van der Waals surface area contributed by atoms with Crippen molar-refractivity contribution in [2.45, 2.75) is 0 Å². The van der Waals surface area contributed by atoms with Gasteiger partial charge in [0.1, 0.15) is 11.5 Å². The SMILES string of the molecule is COc1ccc(C=Cc2cccc3c4ccccc4n(-c4ccc(OC)cc4)c23)cc1. The average molecular weight is 405 g/mol. The number of para-hydroxylation sites is 2. The third-order valence-electron chi connectivity index (χ3n) is 5.63. The van der Waals surface area contributed by atoms with E-state index in [2.05, 4.69) is 83.4 Å². The minimum absolute atomic E-state index is 0.851. The van der Waals surface area contributed by atoms with Crippen molar-refractivity contribution >= 4 is 34.0 Å². The van der Waals surface area contributed by atoms with Gasteiger partial charge in [-0.2, -0.15) is 0 Å². The van der Waals surface area contributed by atoms with Gasteiger partial charge in [-0.15, -0.1) is 0 Å². The number of fused-ring (bicyclic) bond motifs is 3. The largest absolute Gasteiger partial charge is 0.497 e. The zero-order chi connectivity index (χ0) is 21.2. The van der Waals surface area contributed by atoms with Crippen LogP contribution in [0.3, 0.4) is 0 Å². The Kier molecular flexibility index (Phi) is 4.93. The van der Waals surface area contributed by atoms with Crippen LogP contribution in [0, 0.1) is 0 Å². The minimum Gasteiger partial charge on any atom is -0.497 e. The van der Waals surface area contributed by atoms with Crippen LogP contribution in [0.4, 0.5) is 0 Å². The first-order chi connectivity index (χ1) is 15.3. The van der Waals surface area contributed by atoms with E-state index in [-0.39, 0.29) is 0 Å². The van der Waals surface area contributed by atoms with Crippen LogP contribution in [0.5, 0.6) is 11.5 Å². The van der Waals surface area contributed by atoms with Gasteiger partial charge in [-0.3, -0.25) is 0 Å². The van der Waals surface area contributed by atoms with Gasteiger partial charge in [0, 0.05) is 16.5 Å². The highest BCUT2D eigenvalue weighted by Gasteiger charge is 2.14. The van der Waals surface area contributed by atoms with Gasteiger partial charge in [0.05, 0.1) is 25.3 Å². The van der Waals surface area contributed by atoms with Gasteiger partial charge in [-0.1, -0.05) is 60.7 Å². The van der Waals surface area contributed by atoms with Gasteiger partial charge < -0.3 is 14.0 Å². The molecule has 0 aliphatic carbocycles. The topological polar surface area (TPSA) is 23.4 Å². The smallest absolute Gasteiger partial charge is 0.119 e. The number of aromatic nitrogens is 1. The molecule has 5 rings (SSSR count). The lowest BCUT2D eigenvalue weighted by molar-refractivity contribution is 0.414. The summed E-state index contributed by atoms with van der Waals surface area (Å²) in [6.45, 7) is 0. The lowest BCUT2D eigenvalue weighted by atomic mass is 10.1. The number of ether oxygens (including phenoxy) is 2. The van der Waals surface area contributed by atoms with E-state index in [1.807, 2.05) is 24.3 Å². The van der Waals surface area contributed by atoms with Crippen LogP contribution in [0.2, 0.25) is 0 Å². The van der Waals surface area contributed by atoms with Crippen LogP contribution in [0.1, 0.15) is 11.1 Å². The van der Waals surface area contributed by atoms with Crippen molar-refractivity contribution in [1.29, 1.82) is 0 Å². The van der Waals surface area contributed by atoms with E-state index in [0.717, 1.165) is 22.7 Å². The van der Waals surface area contributed by atoms with Gasteiger partial charge in [0.2, 0.25) is 0 Å². The molecule has 152 valence electrons. The second-order valence-electron chi connectivity index (χ2n) is 7.40. The molecule has 0 radical (unpaired) electrons. The summed E-state index contributed by atoms with van der Waals surface area (Å²) in [5, 5.41) is 2.48. The Morgan fingerprint density at radius 3 is 1.97 bits per heavy atom. The average Bonchev–Trinajstić information content (AvgIpc) is 3.18. The molecule has 0 saturated heterocycles. The lowest BCUT2D eigenvalue weighted by Gasteiger charge is -2.10. The molecule has 1 aromatic heterocycles. The first kappa shape index (κ1) is 19.0. The fourth-order valence-corrected chi connectivity index (χ4v) is 4.08. The number of benzene rings is 4. The zero-order valence-electron chi connectivity index (χ0n) is 17.6. The number of methoxy groups -OCH3 is 2. The monoisotopic (exact) mass is 405 g/mol. The van der Waals surface area contributed by atoms with Crippen molar-refractivity contribution in [2.75, 3.05) is 14.2 Å². The van der Waals surface area contributed by atoms with E-state index in [0.29, 0.717) is 0 Å². The van der Waals surface area contributed by atoms with E-state index in [1.165, 1.54) is 27.4 Å². The van der Waals surface area contributed by atoms with Crippen molar-refractivity contribution in [2.24, 2.45) is 0 Å². The van der Waals surface area contributed by atoms with E-state index < -0.39 is 0 Å². The quantitative estimate of drug-likeness (QED) is 0.295. The molecule has 0 bridgehead atoms. The Hall–Kier alpha value is -3.98. The Bertz CT molecular complexity index is 1380. The van der Waals surface area contributed by atoms with Gasteiger partial charge in [-0.25, -0.2) is 0 Å². The Morgan fingerprint density at radius 1 is 0.613 bits per heavy atom. The van der Waals surface area contributed by atoms with Crippen molar-refractivity contribution in [3.8, 4) is 17.2 Å². The summed E-state index contributed by atoms with van der Waals surface area (Å²) in [5.41, 5.74) is 5.79. The van der Waals surface area contributed by atoms with Crippen LogP contribution < -0.4 is 9.47 Å². The first-order valence-electron chi connectivity index (χ1n) is 10.3. The van der Waals surface area contributed by atoms with Crippen LogP contribution in [-0.4, -0.2) is 18.8 Å². The second-order valence-corrected chi connectivity index (χ2v) is 7.40. The predicted molar refractivity (Wildman–Crippen MR) is 129 cm³/mol. The number of rotatable bonds is 5. The standard InChI is InChI=1S/C28H23NO2/c1-30-23-16-11-20(12-17-23)10-13-21-6-5-8-26-25-7-3-4-9-27(25)29(28(21)26)22-14-18-24(31-2)19-15-22/h3-19H,1-2H3. The molecule has 3 nitrogen and oxygen atoms in total. The molecule has 0 aliphatic rings. The number of hydrogen-bond acceptors (Lipinski definition) is 2. The molecule has 0 saturated carbocycles. The Morgan fingerprint density at radius 2 is 1.26 bits per heavy atom. The lowest BCUT2D eigenvalue weighted by Crippen LogP contribution is -1.95. The molecule has 0 N–H and O–H groups in total. The van der Waals surface area contributed by atoms with Crippen LogP contribution in [0.15, 0.2) is 91.0 Å². The summed E-state index contributed by atoms with van der Waals surface area (Å²) in [6, 6.07) is 31.4. The summed E-state index contributed by atoms with van der Waals surface area (Å²) in [7, 11) is 3.38. The van der Waals surface area contributed by atoms with Crippen LogP contribution >= 0.6 is 0 Å². The molecule has 1 heterocycles. The summed E-state index contributed by atoms with van der Waals surface area (Å²) in [6.07, 6.45) is 4.33. The molecule has 0 atom stereocenters. The van der Waals surface area contributed by atoms with Crippen LogP contribution in [0.25, 0.3) is 39.6 Å². The highest BCUT2D eigenvalue weighted by molar-refractivity contribution is 6.12.